The van der Waals surface area contributed by atoms with Gasteiger partial charge in [-0.25, -0.2) is 0 Å². The number of hydrogen-bond acceptors (Lipinski definition) is 5. The molecule has 0 aliphatic carbocycles. The van der Waals surface area contributed by atoms with Crippen LogP contribution in [0.15, 0.2) is 18.2 Å². The molecule has 6 nitrogen and oxygen atoms in total. The minimum absolute atomic E-state index is 0.0622. The van der Waals surface area contributed by atoms with Gasteiger partial charge in [0.15, 0.2) is 11.5 Å². The Balaban J connectivity index is 2.12. The smallest absolute Gasteiger partial charge is 0.308 e. The van der Waals surface area contributed by atoms with Crippen LogP contribution in [0.3, 0.4) is 0 Å². The number of hydrogen-bond donors (Lipinski definition) is 1. The Morgan fingerprint density at radius 1 is 1.28 bits per heavy atom. The maximum absolute atomic E-state index is 12.4. The molecule has 1 aliphatic rings. The van der Waals surface area contributed by atoms with Crippen molar-refractivity contribution in [1.29, 1.82) is 0 Å². The molecule has 0 fully saturated rings. The average Bonchev–Trinajstić information content (AvgIpc) is 3.06. The fraction of sp³-hybridized carbons (Fsp3) is 0.556. The van der Waals surface area contributed by atoms with Crippen molar-refractivity contribution < 1.29 is 23.8 Å². The van der Waals surface area contributed by atoms with Crippen LogP contribution < -0.4 is 14.8 Å². The Kier molecular flexibility index (Phi) is 7.55. The van der Waals surface area contributed by atoms with E-state index in [1.54, 1.807) is 19.1 Å². The third-order valence-electron chi connectivity index (χ3n) is 3.89. The molecule has 1 aliphatic heterocycles. The molecule has 0 bridgehead atoms. The summed E-state index contributed by atoms with van der Waals surface area (Å²) >= 11 is 3.42. The van der Waals surface area contributed by atoms with E-state index in [0.717, 1.165) is 24.8 Å². The standard InChI is InChI=1S/C18H24BrNO5/c1-3-5-6-13(19)18(22)20-14(10-17(21)23-4-2)12-7-8-15-16(9-12)25-11-24-15/h7-9,13-14H,3-6,10-11H2,1-2H3,(H,20,22)/t13-,14+/m1/s1. The molecule has 0 aromatic heterocycles. The van der Waals surface area contributed by atoms with Crippen molar-refractivity contribution in [3.63, 3.8) is 0 Å². The zero-order chi connectivity index (χ0) is 18.2. The molecule has 1 aromatic carbocycles. The van der Waals surface area contributed by atoms with E-state index in [4.69, 9.17) is 14.2 Å². The normalized spacial score (nSPS) is 14.7. The van der Waals surface area contributed by atoms with Gasteiger partial charge in [0.1, 0.15) is 0 Å². The van der Waals surface area contributed by atoms with Gasteiger partial charge in [0.25, 0.3) is 0 Å². The van der Waals surface area contributed by atoms with Crippen LogP contribution in [0, 0.1) is 0 Å². The fourth-order valence-electron chi connectivity index (χ4n) is 2.55. The first-order chi connectivity index (χ1) is 12.0. The van der Waals surface area contributed by atoms with E-state index >= 15 is 0 Å². The van der Waals surface area contributed by atoms with Crippen molar-refractivity contribution in [1.82, 2.24) is 5.32 Å². The SMILES string of the molecule is CCCC[C@@H](Br)C(=O)N[C@@H](CC(=O)OCC)c1ccc2c(c1)OCO2. The summed E-state index contributed by atoms with van der Waals surface area (Å²) in [6.45, 7) is 4.31. The molecule has 1 amide bonds. The molecule has 1 heterocycles. The number of esters is 1. The quantitative estimate of drug-likeness (QED) is 0.495. The number of ether oxygens (including phenoxy) is 3. The summed E-state index contributed by atoms with van der Waals surface area (Å²) in [5, 5.41) is 2.94. The second kappa shape index (κ2) is 9.65. The summed E-state index contributed by atoms with van der Waals surface area (Å²) in [6.07, 6.45) is 2.78. The maximum atomic E-state index is 12.4. The number of carbonyl (C=O) groups excluding carboxylic acids is 2. The second-order valence-corrected chi connectivity index (χ2v) is 6.90. The first kappa shape index (κ1) is 19.6. The molecule has 0 saturated heterocycles. The van der Waals surface area contributed by atoms with Gasteiger partial charge >= 0.3 is 5.97 Å². The molecular weight excluding hydrogens is 390 g/mol. The number of benzene rings is 1. The number of halogens is 1. The van der Waals surface area contributed by atoms with Gasteiger partial charge in [-0.05, 0) is 31.0 Å². The predicted octanol–water partition coefficient (Wildman–Crippen LogP) is 3.48. The van der Waals surface area contributed by atoms with Gasteiger partial charge in [-0.2, -0.15) is 0 Å². The van der Waals surface area contributed by atoms with Crippen LogP contribution in [0.25, 0.3) is 0 Å². The topological polar surface area (TPSA) is 73.9 Å². The third kappa shape index (κ3) is 5.63. The Morgan fingerprint density at radius 2 is 2.04 bits per heavy atom. The van der Waals surface area contributed by atoms with Crippen LogP contribution in [0.1, 0.15) is 51.1 Å². The van der Waals surface area contributed by atoms with Gasteiger partial charge in [0.05, 0.1) is 23.9 Å². The van der Waals surface area contributed by atoms with Crippen LogP contribution in [-0.2, 0) is 14.3 Å². The van der Waals surface area contributed by atoms with Gasteiger partial charge in [-0.3, -0.25) is 9.59 Å². The number of alkyl halides is 1. The minimum Gasteiger partial charge on any atom is -0.466 e. The minimum atomic E-state index is -0.484. The summed E-state index contributed by atoms with van der Waals surface area (Å²) < 4.78 is 15.7. The number of amides is 1. The molecule has 0 saturated carbocycles. The number of rotatable bonds is 9. The van der Waals surface area contributed by atoms with Crippen LogP contribution in [-0.4, -0.2) is 30.1 Å². The predicted molar refractivity (Wildman–Crippen MR) is 96.9 cm³/mol. The summed E-state index contributed by atoms with van der Waals surface area (Å²) in [4.78, 5) is 24.1. The summed E-state index contributed by atoms with van der Waals surface area (Å²) in [5.74, 6) is 0.777. The van der Waals surface area contributed by atoms with E-state index in [0.29, 0.717) is 18.1 Å². The molecule has 0 spiro atoms. The number of carbonyl (C=O) groups is 2. The van der Waals surface area contributed by atoms with Crippen LogP contribution in [0.5, 0.6) is 11.5 Å². The Morgan fingerprint density at radius 3 is 2.76 bits per heavy atom. The average molecular weight is 414 g/mol. The summed E-state index contributed by atoms with van der Waals surface area (Å²) in [6, 6.07) is 4.92. The lowest BCUT2D eigenvalue weighted by molar-refractivity contribution is -0.143. The molecule has 1 aromatic rings. The lowest BCUT2D eigenvalue weighted by Gasteiger charge is -2.20. The van der Waals surface area contributed by atoms with Gasteiger partial charge in [0, 0.05) is 0 Å². The van der Waals surface area contributed by atoms with Crippen molar-refractivity contribution in [2.75, 3.05) is 13.4 Å². The largest absolute Gasteiger partial charge is 0.466 e. The molecule has 25 heavy (non-hydrogen) atoms. The lowest BCUT2D eigenvalue weighted by Crippen LogP contribution is -2.35. The highest BCUT2D eigenvalue weighted by Gasteiger charge is 2.24. The number of unbranched alkanes of at least 4 members (excludes halogenated alkanes) is 1. The van der Waals surface area contributed by atoms with E-state index in [9.17, 15) is 9.59 Å². The molecule has 138 valence electrons. The molecule has 0 unspecified atom stereocenters. The van der Waals surface area contributed by atoms with E-state index in [-0.39, 0.29) is 29.9 Å². The van der Waals surface area contributed by atoms with Gasteiger partial charge in [-0.15, -0.1) is 0 Å². The second-order valence-electron chi connectivity index (χ2n) is 5.79. The zero-order valence-electron chi connectivity index (χ0n) is 14.5. The Labute approximate surface area is 156 Å². The first-order valence-electron chi connectivity index (χ1n) is 8.54. The van der Waals surface area contributed by atoms with Gasteiger partial charge in [0.2, 0.25) is 12.7 Å². The van der Waals surface area contributed by atoms with E-state index in [1.807, 2.05) is 6.07 Å². The molecule has 2 atom stereocenters. The molecule has 0 radical (unpaired) electrons. The van der Waals surface area contributed by atoms with Crippen molar-refractivity contribution in [2.24, 2.45) is 0 Å². The fourth-order valence-corrected chi connectivity index (χ4v) is 3.00. The van der Waals surface area contributed by atoms with E-state index in [1.165, 1.54) is 0 Å². The number of fused-ring (bicyclic) bond motifs is 1. The number of nitrogens with one attached hydrogen (secondary N) is 1. The monoisotopic (exact) mass is 413 g/mol. The first-order valence-corrected chi connectivity index (χ1v) is 9.46. The summed E-state index contributed by atoms with van der Waals surface area (Å²) in [7, 11) is 0. The maximum Gasteiger partial charge on any atom is 0.308 e. The lowest BCUT2D eigenvalue weighted by atomic mass is 10.0. The molecule has 7 heteroatoms. The van der Waals surface area contributed by atoms with Crippen molar-refractivity contribution in [2.45, 2.75) is 50.4 Å². The van der Waals surface area contributed by atoms with Crippen LogP contribution in [0.2, 0.25) is 0 Å². The molecule has 1 N–H and O–H groups in total. The van der Waals surface area contributed by atoms with Crippen molar-refractivity contribution >= 4 is 27.8 Å². The molecular formula is C18H24BrNO5. The zero-order valence-corrected chi connectivity index (χ0v) is 16.1. The van der Waals surface area contributed by atoms with Crippen LogP contribution >= 0.6 is 15.9 Å². The van der Waals surface area contributed by atoms with E-state index < -0.39 is 6.04 Å². The molecule has 2 rings (SSSR count). The Hall–Kier alpha value is -1.76. The van der Waals surface area contributed by atoms with E-state index in [2.05, 4.69) is 28.2 Å². The van der Waals surface area contributed by atoms with Gasteiger partial charge in [-0.1, -0.05) is 41.8 Å². The Bertz CT molecular complexity index is 607. The van der Waals surface area contributed by atoms with Gasteiger partial charge < -0.3 is 19.5 Å². The highest BCUT2D eigenvalue weighted by atomic mass is 79.9. The highest BCUT2D eigenvalue weighted by molar-refractivity contribution is 9.10. The van der Waals surface area contributed by atoms with Crippen molar-refractivity contribution in [3.8, 4) is 11.5 Å². The highest BCUT2D eigenvalue weighted by Crippen LogP contribution is 2.35. The van der Waals surface area contributed by atoms with Crippen LogP contribution in [0.4, 0.5) is 0 Å². The summed E-state index contributed by atoms with van der Waals surface area (Å²) in [5.41, 5.74) is 0.779. The van der Waals surface area contributed by atoms with Crippen molar-refractivity contribution in [3.05, 3.63) is 23.8 Å². The third-order valence-corrected chi connectivity index (χ3v) is 4.76.